The molecular weight excluding hydrogens is 417 g/mol. The third-order valence-corrected chi connectivity index (χ3v) is 4.62. The molecule has 0 saturated carbocycles. The fourth-order valence-electron chi connectivity index (χ4n) is 3.32. The third-order valence-electron chi connectivity index (χ3n) is 4.62. The summed E-state index contributed by atoms with van der Waals surface area (Å²) in [5, 5.41) is 3.46. The van der Waals surface area contributed by atoms with Crippen molar-refractivity contribution >= 4 is 29.9 Å². The number of halogens is 1. The monoisotopic (exact) mass is 445 g/mol. The van der Waals surface area contributed by atoms with E-state index in [0.717, 1.165) is 51.6 Å². The van der Waals surface area contributed by atoms with E-state index in [1.807, 2.05) is 7.05 Å². The lowest BCUT2D eigenvalue weighted by Crippen LogP contribution is -2.49. The molecule has 0 aromatic heterocycles. The molecule has 3 rings (SSSR count). The number of hydrogen-bond acceptors (Lipinski definition) is 3. The molecule has 2 fully saturated rings. The second-order valence-electron chi connectivity index (χ2n) is 6.23. The summed E-state index contributed by atoms with van der Waals surface area (Å²) in [6, 6.07) is 8.45. The van der Waals surface area contributed by atoms with E-state index in [-0.39, 0.29) is 30.1 Å². The molecule has 0 radical (unpaired) electrons. The first kappa shape index (κ1) is 19.5. The predicted octanol–water partition coefficient (Wildman–Crippen LogP) is 2.74. The van der Waals surface area contributed by atoms with Gasteiger partial charge in [-0.2, -0.15) is 0 Å². The number of nitrogens with zero attached hydrogens (tertiary/aromatic N) is 2. The van der Waals surface area contributed by atoms with Gasteiger partial charge in [0, 0.05) is 26.7 Å². The van der Waals surface area contributed by atoms with E-state index in [9.17, 15) is 0 Å². The van der Waals surface area contributed by atoms with Crippen LogP contribution in [0.2, 0.25) is 0 Å². The van der Waals surface area contributed by atoms with Gasteiger partial charge in [0.15, 0.2) is 5.96 Å². The number of aliphatic imine (C=N–C) groups is 1. The fraction of sp³-hybridized carbons (Fsp3) is 0.611. The summed E-state index contributed by atoms with van der Waals surface area (Å²) in [6.45, 7) is 6.28. The van der Waals surface area contributed by atoms with Crippen LogP contribution < -0.4 is 5.32 Å². The molecule has 5 nitrogen and oxygen atoms in total. The number of nitrogens with one attached hydrogen (secondary N) is 1. The van der Waals surface area contributed by atoms with Crippen LogP contribution in [0.5, 0.6) is 0 Å². The van der Waals surface area contributed by atoms with Crippen molar-refractivity contribution in [2.45, 2.75) is 32.0 Å². The van der Waals surface area contributed by atoms with Gasteiger partial charge in [-0.1, -0.05) is 24.3 Å². The van der Waals surface area contributed by atoms with Crippen molar-refractivity contribution in [1.29, 1.82) is 0 Å². The molecule has 24 heavy (non-hydrogen) atoms. The molecule has 0 bridgehead atoms. The highest BCUT2D eigenvalue weighted by Crippen LogP contribution is 2.25. The van der Waals surface area contributed by atoms with Crippen LogP contribution in [0.15, 0.2) is 29.3 Å². The maximum Gasteiger partial charge on any atom is 0.193 e. The first-order chi connectivity index (χ1) is 11.3. The van der Waals surface area contributed by atoms with Crippen LogP contribution in [0.3, 0.4) is 0 Å². The summed E-state index contributed by atoms with van der Waals surface area (Å²) in [7, 11) is 1.84. The summed E-state index contributed by atoms with van der Waals surface area (Å²) in [5.41, 5.74) is 2.55. The third kappa shape index (κ3) is 4.83. The molecule has 2 saturated heterocycles. The SMILES string of the molecule is CN=C(NCC1CCCO1)N1CCOC(c2ccccc2C)C1.I. The molecule has 1 aromatic rings. The van der Waals surface area contributed by atoms with Gasteiger partial charge in [-0.25, -0.2) is 0 Å². The van der Waals surface area contributed by atoms with E-state index in [2.05, 4.69) is 46.4 Å². The highest BCUT2D eigenvalue weighted by atomic mass is 127. The van der Waals surface area contributed by atoms with Crippen molar-refractivity contribution in [1.82, 2.24) is 10.2 Å². The number of guanidine groups is 1. The predicted molar refractivity (Wildman–Crippen MR) is 107 cm³/mol. The Kier molecular flexibility index (Phi) is 7.77. The second-order valence-corrected chi connectivity index (χ2v) is 6.23. The molecule has 1 N–H and O–H groups in total. The molecule has 6 heteroatoms. The Morgan fingerprint density at radius 1 is 1.29 bits per heavy atom. The zero-order chi connectivity index (χ0) is 16.1. The number of ether oxygens (including phenoxy) is 2. The Balaban J connectivity index is 0.00000208. The fourth-order valence-corrected chi connectivity index (χ4v) is 3.32. The normalized spacial score (nSPS) is 24.6. The Morgan fingerprint density at radius 2 is 2.12 bits per heavy atom. The number of aryl methyl sites for hydroxylation is 1. The smallest absolute Gasteiger partial charge is 0.193 e. The highest BCUT2D eigenvalue weighted by molar-refractivity contribution is 14.0. The zero-order valence-electron chi connectivity index (χ0n) is 14.5. The van der Waals surface area contributed by atoms with E-state index < -0.39 is 0 Å². The molecular formula is C18H28IN3O2. The zero-order valence-corrected chi connectivity index (χ0v) is 16.9. The summed E-state index contributed by atoms with van der Waals surface area (Å²) >= 11 is 0. The molecule has 2 heterocycles. The van der Waals surface area contributed by atoms with Gasteiger partial charge >= 0.3 is 0 Å². The molecule has 2 unspecified atom stereocenters. The Bertz CT molecular complexity index is 547. The lowest BCUT2D eigenvalue weighted by atomic mass is 10.0. The average Bonchev–Trinajstić information content (AvgIpc) is 3.10. The van der Waals surface area contributed by atoms with E-state index >= 15 is 0 Å². The lowest BCUT2D eigenvalue weighted by molar-refractivity contribution is -0.00855. The molecule has 1 aromatic carbocycles. The van der Waals surface area contributed by atoms with Crippen molar-refractivity contribution < 1.29 is 9.47 Å². The van der Waals surface area contributed by atoms with E-state index in [1.165, 1.54) is 11.1 Å². The van der Waals surface area contributed by atoms with Gasteiger partial charge in [-0.15, -0.1) is 24.0 Å². The standard InChI is InChI=1S/C18H27N3O2.HI/c1-14-6-3-4-8-16(14)17-13-21(9-11-23-17)18(19-2)20-12-15-7-5-10-22-15;/h3-4,6,8,15,17H,5,7,9-13H2,1-2H3,(H,19,20);1H. The minimum absolute atomic E-state index is 0. The van der Waals surface area contributed by atoms with Crippen LogP contribution in [-0.4, -0.2) is 56.9 Å². The molecule has 0 aliphatic carbocycles. The van der Waals surface area contributed by atoms with Crippen molar-refractivity contribution in [2.75, 3.05) is 39.9 Å². The summed E-state index contributed by atoms with van der Waals surface area (Å²) in [5.74, 6) is 0.947. The second kappa shape index (κ2) is 9.58. The number of hydrogen-bond donors (Lipinski definition) is 1. The van der Waals surface area contributed by atoms with E-state index in [1.54, 1.807) is 0 Å². The van der Waals surface area contributed by atoms with Crippen molar-refractivity contribution in [3.05, 3.63) is 35.4 Å². The van der Waals surface area contributed by atoms with Gasteiger partial charge in [0.1, 0.15) is 6.10 Å². The van der Waals surface area contributed by atoms with Crippen molar-refractivity contribution in [3.63, 3.8) is 0 Å². The Morgan fingerprint density at radius 3 is 2.83 bits per heavy atom. The highest BCUT2D eigenvalue weighted by Gasteiger charge is 2.25. The van der Waals surface area contributed by atoms with Crippen molar-refractivity contribution in [3.8, 4) is 0 Å². The summed E-state index contributed by atoms with van der Waals surface area (Å²) in [4.78, 5) is 6.73. The molecule has 2 aliphatic heterocycles. The quantitative estimate of drug-likeness (QED) is 0.442. The van der Waals surface area contributed by atoms with Gasteiger partial charge in [-0.05, 0) is 30.9 Å². The first-order valence-corrected chi connectivity index (χ1v) is 8.52. The van der Waals surface area contributed by atoms with E-state index in [0.29, 0.717) is 6.10 Å². The van der Waals surface area contributed by atoms with Gasteiger partial charge in [0.05, 0.1) is 19.3 Å². The minimum Gasteiger partial charge on any atom is -0.376 e. The molecule has 134 valence electrons. The maximum atomic E-state index is 6.00. The topological polar surface area (TPSA) is 46.1 Å². The van der Waals surface area contributed by atoms with Gasteiger partial charge < -0.3 is 19.7 Å². The van der Waals surface area contributed by atoms with Gasteiger partial charge in [-0.3, -0.25) is 4.99 Å². The molecule has 0 amide bonds. The maximum absolute atomic E-state index is 6.00. The largest absolute Gasteiger partial charge is 0.376 e. The van der Waals surface area contributed by atoms with Gasteiger partial charge in [0.25, 0.3) is 0 Å². The summed E-state index contributed by atoms with van der Waals surface area (Å²) in [6.07, 6.45) is 2.72. The molecule has 0 spiro atoms. The number of rotatable bonds is 3. The van der Waals surface area contributed by atoms with Crippen LogP contribution >= 0.6 is 24.0 Å². The lowest BCUT2D eigenvalue weighted by Gasteiger charge is -2.36. The number of benzene rings is 1. The number of morpholine rings is 1. The Hall–Kier alpha value is -0.860. The van der Waals surface area contributed by atoms with Gasteiger partial charge in [0.2, 0.25) is 0 Å². The van der Waals surface area contributed by atoms with Crippen LogP contribution in [-0.2, 0) is 9.47 Å². The van der Waals surface area contributed by atoms with Crippen LogP contribution in [0, 0.1) is 6.92 Å². The van der Waals surface area contributed by atoms with E-state index in [4.69, 9.17) is 9.47 Å². The van der Waals surface area contributed by atoms with Crippen molar-refractivity contribution in [2.24, 2.45) is 4.99 Å². The van der Waals surface area contributed by atoms with Crippen LogP contribution in [0.1, 0.15) is 30.1 Å². The first-order valence-electron chi connectivity index (χ1n) is 8.52. The summed E-state index contributed by atoms with van der Waals surface area (Å²) < 4.78 is 11.7. The van der Waals surface area contributed by atoms with Crippen LogP contribution in [0.4, 0.5) is 0 Å². The Labute approximate surface area is 161 Å². The molecule has 2 aliphatic rings. The minimum atomic E-state index is 0. The van der Waals surface area contributed by atoms with Crippen LogP contribution in [0.25, 0.3) is 0 Å². The average molecular weight is 445 g/mol. The molecule has 2 atom stereocenters.